The predicted molar refractivity (Wildman–Crippen MR) is 81.7 cm³/mol. The molecule has 0 amide bonds. The molecule has 0 N–H and O–H groups in total. The number of fused-ring (bicyclic) bond motifs is 1. The largest absolute Gasteiger partial charge is 0.298 e. The van der Waals surface area contributed by atoms with Crippen LogP contribution in [0.4, 0.5) is 0 Å². The first-order valence-electron chi connectivity index (χ1n) is 7.75. The minimum atomic E-state index is 0.852. The van der Waals surface area contributed by atoms with Gasteiger partial charge in [-0.3, -0.25) is 9.58 Å². The Morgan fingerprint density at radius 3 is 3.16 bits per heavy atom. The van der Waals surface area contributed by atoms with E-state index in [1.165, 1.54) is 50.2 Å². The van der Waals surface area contributed by atoms with Gasteiger partial charge in [0, 0.05) is 55.0 Å². The van der Waals surface area contributed by atoms with Crippen molar-refractivity contribution in [2.75, 3.05) is 18.8 Å². The molecule has 0 bridgehead atoms. The molecule has 1 saturated heterocycles. The highest BCUT2D eigenvalue weighted by molar-refractivity contribution is 8.00. The summed E-state index contributed by atoms with van der Waals surface area (Å²) in [4.78, 5) is 2.76. The lowest BCUT2D eigenvalue weighted by Gasteiger charge is -2.43. The van der Waals surface area contributed by atoms with Gasteiger partial charge < -0.3 is 0 Å². The second-order valence-corrected chi connectivity index (χ2v) is 7.03. The van der Waals surface area contributed by atoms with Crippen LogP contribution in [0.5, 0.6) is 0 Å². The Bertz CT molecular complexity index is 402. The summed E-state index contributed by atoms with van der Waals surface area (Å²) >= 11 is 2.22. The number of nitrogens with zero attached hydrogens (tertiary/aromatic N) is 3. The van der Waals surface area contributed by atoms with E-state index in [9.17, 15) is 0 Å². The molecule has 3 rings (SSSR count). The molecule has 2 unspecified atom stereocenters. The summed E-state index contributed by atoms with van der Waals surface area (Å²) in [6.07, 6.45) is 8.84. The van der Waals surface area contributed by atoms with Gasteiger partial charge in [-0.15, -0.1) is 0 Å². The SMILES string of the molecule is CCn1nccc1CCN1CCSC2CCCCC21. The van der Waals surface area contributed by atoms with E-state index in [0.717, 1.165) is 24.3 Å². The standard InChI is InChI=1S/C15H25N3S/c1-2-18-13(7-9-16-18)8-10-17-11-12-19-15-6-4-3-5-14(15)17/h7,9,14-15H,2-6,8,10-12H2,1H3. The van der Waals surface area contributed by atoms with Gasteiger partial charge in [0.15, 0.2) is 0 Å². The first kappa shape index (κ1) is 13.5. The second kappa shape index (κ2) is 6.31. The van der Waals surface area contributed by atoms with Crippen LogP contribution in [0.2, 0.25) is 0 Å². The summed E-state index contributed by atoms with van der Waals surface area (Å²) in [7, 11) is 0. The second-order valence-electron chi connectivity index (χ2n) is 5.69. The van der Waals surface area contributed by atoms with Gasteiger partial charge in [-0.25, -0.2) is 0 Å². The molecule has 2 aliphatic rings. The maximum absolute atomic E-state index is 4.37. The van der Waals surface area contributed by atoms with Crippen molar-refractivity contribution in [3.63, 3.8) is 0 Å². The first-order chi connectivity index (χ1) is 9.38. The zero-order chi connectivity index (χ0) is 13.1. The summed E-state index contributed by atoms with van der Waals surface area (Å²) < 4.78 is 2.14. The van der Waals surface area contributed by atoms with E-state index in [1.54, 1.807) is 0 Å². The van der Waals surface area contributed by atoms with Crippen LogP contribution in [0.3, 0.4) is 0 Å². The molecule has 2 fully saturated rings. The van der Waals surface area contributed by atoms with Crippen molar-refractivity contribution < 1.29 is 0 Å². The zero-order valence-corrected chi connectivity index (χ0v) is 12.7. The molecular formula is C15H25N3S. The molecule has 4 heteroatoms. The highest BCUT2D eigenvalue weighted by Gasteiger charge is 2.33. The van der Waals surface area contributed by atoms with Crippen LogP contribution in [0.25, 0.3) is 0 Å². The van der Waals surface area contributed by atoms with Crippen molar-refractivity contribution >= 4 is 11.8 Å². The number of thioether (sulfide) groups is 1. The third-order valence-electron chi connectivity index (χ3n) is 4.61. The summed E-state index contributed by atoms with van der Waals surface area (Å²) in [5, 5.41) is 5.29. The number of rotatable bonds is 4. The summed E-state index contributed by atoms with van der Waals surface area (Å²) in [5.41, 5.74) is 1.40. The molecule has 0 spiro atoms. The van der Waals surface area contributed by atoms with Crippen LogP contribution in [0, 0.1) is 0 Å². The van der Waals surface area contributed by atoms with Crippen molar-refractivity contribution in [3.8, 4) is 0 Å². The minimum absolute atomic E-state index is 0.852. The number of aryl methyl sites for hydroxylation is 1. The Kier molecular flexibility index (Phi) is 4.49. The normalized spacial score (nSPS) is 28.3. The molecule has 1 aliphatic heterocycles. The van der Waals surface area contributed by atoms with Crippen LogP contribution >= 0.6 is 11.8 Å². The van der Waals surface area contributed by atoms with Gasteiger partial charge in [0.05, 0.1) is 0 Å². The van der Waals surface area contributed by atoms with Gasteiger partial charge in [0.2, 0.25) is 0 Å². The minimum Gasteiger partial charge on any atom is -0.298 e. The van der Waals surface area contributed by atoms with Gasteiger partial charge in [-0.1, -0.05) is 12.8 Å². The lowest BCUT2D eigenvalue weighted by Crippen LogP contribution is -2.49. The van der Waals surface area contributed by atoms with Crippen LogP contribution < -0.4 is 0 Å². The molecule has 19 heavy (non-hydrogen) atoms. The molecule has 0 aromatic carbocycles. The van der Waals surface area contributed by atoms with Crippen LogP contribution in [0.1, 0.15) is 38.3 Å². The Labute approximate surface area is 120 Å². The molecule has 2 atom stereocenters. The average molecular weight is 279 g/mol. The van der Waals surface area contributed by atoms with E-state index in [4.69, 9.17) is 0 Å². The smallest absolute Gasteiger partial charge is 0.0492 e. The summed E-state index contributed by atoms with van der Waals surface area (Å²) in [6.45, 7) is 5.66. The first-order valence-corrected chi connectivity index (χ1v) is 8.79. The monoisotopic (exact) mass is 279 g/mol. The molecule has 3 nitrogen and oxygen atoms in total. The lowest BCUT2D eigenvalue weighted by atomic mass is 9.93. The van der Waals surface area contributed by atoms with E-state index in [2.05, 4.69) is 39.4 Å². The Morgan fingerprint density at radius 2 is 2.26 bits per heavy atom. The molecule has 1 aromatic heterocycles. The molecule has 106 valence electrons. The summed E-state index contributed by atoms with van der Waals surface area (Å²) in [6, 6.07) is 3.03. The van der Waals surface area contributed by atoms with E-state index >= 15 is 0 Å². The third-order valence-corrected chi connectivity index (χ3v) is 6.00. The predicted octanol–water partition coefficient (Wildman–Crippen LogP) is 2.81. The van der Waals surface area contributed by atoms with E-state index in [-0.39, 0.29) is 0 Å². The van der Waals surface area contributed by atoms with Crippen molar-refractivity contribution in [3.05, 3.63) is 18.0 Å². The van der Waals surface area contributed by atoms with Crippen molar-refractivity contribution in [1.82, 2.24) is 14.7 Å². The van der Waals surface area contributed by atoms with E-state index in [1.807, 2.05) is 6.20 Å². The maximum Gasteiger partial charge on any atom is 0.0492 e. The van der Waals surface area contributed by atoms with Gasteiger partial charge >= 0.3 is 0 Å². The highest BCUT2D eigenvalue weighted by atomic mass is 32.2. The maximum atomic E-state index is 4.37. The third kappa shape index (κ3) is 3.00. The lowest BCUT2D eigenvalue weighted by molar-refractivity contribution is 0.164. The fourth-order valence-electron chi connectivity index (χ4n) is 3.57. The number of hydrogen-bond acceptors (Lipinski definition) is 3. The van der Waals surface area contributed by atoms with Gasteiger partial charge in [-0.05, 0) is 25.8 Å². The Hall–Kier alpha value is -0.480. The molecule has 1 saturated carbocycles. The van der Waals surface area contributed by atoms with Crippen molar-refractivity contribution in [1.29, 1.82) is 0 Å². The quantitative estimate of drug-likeness (QED) is 0.845. The zero-order valence-electron chi connectivity index (χ0n) is 11.9. The fourth-order valence-corrected chi connectivity index (χ4v) is 5.08. The van der Waals surface area contributed by atoms with Gasteiger partial charge in [0.25, 0.3) is 0 Å². The van der Waals surface area contributed by atoms with Gasteiger partial charge in [0.1, 0.15) is 0 Å². The molecular weight excluding hydrogens is 254 g/mol. The molecule has 2 heterocycles. The van der Waals surface area contributed by atoms with Crippen molar-refractivity contribution in [2.24, 2.45) is 0 Å². The fraction of sp³-hybridized carbons (Fsp3) is 0.800. The van der Waals surface area contributed by atoms with E-state index in [0.29, 0.717) is 0 Å². The molecule has 1 aliphatic carbocycles. The highest BCUT2D eigenvalue weighted by Crippen LogP contribution is 2.35. The Balaban J connectivity index is 1.59. The molecule has 0 radical (unpaired) electrons. The van der Waals surface area contributed by atoms with Crippen LogP contribution in [-0.4, -0.2) is 44.8 Å². The van der Waals surface area contributed by atoms with Crippen LogP contribution in [0.15, 0.2) is 12.3 Å². The Morgan fingerprint density at radius 1 is 1.37 bits per heavy atom. The average Bonchev–Trinajstić information content (AvgIpc) is 2.92. The summed E-state index contributed by atoms with van der Waals surface area (Å²) in [5.74, 6) is 1.33. The topological polar surface area (TPSA) is 21.1 Å². The van der Waals surface area contributed by atoms with Crippen LogP contribution in [-0.2, 0) is 13.0 Å². The van der Waals surface area contributed by atoms with Gasteiger partial charge in [-0.2, -0.15) is 16.9 Å². The number of aromatic nitrogens is 2. The molecule has 1 aromatic rings. The van der Waals surface area contributed by atoms with Crippen molar-refractivity contribution in [2.45, 2.75) is 56.9 Å². The van der Waals surface area contributed by atoms with E-state index < -0.39 is 0 Å². The number of hydrogen-bond donors (Lipinski definition) is 0.